The van der Waals surface area contributed by atoms with Gasteiger partial charge < -0.3 is 10.6 Å². The molecule has 9 heteroatoms. The van der Waals surface area contributed by atoms with Crippen LogP contribution in [0.2, 0.25) is 0 Å². The zero-order valence-electron chi connectivity index (χ0n) is 17.0. The van der Waals surface area contributed by atoms with Crippen LogP contribution >= 0.6 is 35.3 Å². The molecule has 0 aliphatic carbocycles. The topological polar surface area (TPSA) is 73.8 Å². The summed E-state index contributed by atoms with van der Waals surface area (Å²) in [6.45, 7) is 5.03. The highest BCUT2D eigenvalue weighted by atomic mass is 127. The molecule has 2 aromatic rings. The molecule has 1 unspecified atom stereocenters. The van der Waals surface area contributed by atoms with Gasteiger partial charge in [-0.25, -0.2) is 8.42 Å². The molecule has 0 amide bonds. The van der Waals surface area contributed by atoms with Gasteiger partial charge in [0.2, 0.25) is 10.0 Å². The number of para-hydroxylation sites is 1. The summed E-state index contributed by atoms with van der Waals surface area (Å²) in [5, 5.41) is 6.46. The van der Waals surface area contributed by atoms with Crippen molar-refractivity contribution in [3.05, 3.63) is 51.7 Å². The van der Waals surface area contributed by atoms with Gasteiger partial charge in [0, 0.05) is 42.4 Å². The number of aliphatic imine (C=N–C) groups is 1. The van der Waals surface area contributed by atoms with Crippen LogP contribution in [0, 0.1) is 6.92 Å². The number of benzene rings is 1. The van der Waals surface area contributed by atoms with Crippen LogP contribution in [0.15, 0.2) is 41.4 Å². The van der Waals surface area contributed by atoms with E-state index in [0.29, 0.717) is 19.0 Å². The van der Waals surface area contributed by atoms with Crippen LogP contribution in [0.5, 0.6) is 0 Å². The Morgan fingerprint density at radius 1 is 1.28 bits per heavy atom. The van der Waals surface area contributed by atoms with Gasteiger partial charge >= 0.3 is 0 Å². The Kier molecular flexibility index (Phi) is 8.77. The van der Waals surface area contributed by atoms with E-state index >= 15 is 0 Å². The van der Waals surface area contributed by atoms with Crippen LogP contribution in [-0.4, -0.2) is 46.3 Å². The molecule has 1 aliphatic heterocycles. The number of sulfonamides is 1. The summed E-state index contributed by atoms with van der Waals surface area (Å²) in [4.78, 5) is 6.84. The van der Waals surface area contributed by atoms with E-state index < -0.39 is 10.0 Å². The number of anilines is 1. The Morgan fingerprint density at radius 3 is 2.72 bits per heavy atom. The van der Waals surface area contributed by atoms with Gasteiger partial charge in [0.25, 0.3) is 0 Å². The van der Waals surface area contributed by atoms with Crippen LogP contribution in [0.1, 0.15) is 22.2 Å². The Labute approximate surface area is 194 Å². The third-order valence-corrected chi connectivity index (χ3v) is 7.54. The number of halogens is 1. The minimum atomic E-state index is -3.36. The molecule has 3 rings (SSSR count). The molecule has 0 spiro atoms. The lowest BCUT2D eigenvalue weighted by atomic mass is 10.2. The van der Waals surface area contributed by atoms with Crippen molar-refractivity contribution in [3.8, 4) is 0 Å². The number of thiophene rings is 1. The molecule has 1 atom stereocenters. The second kappa shape index (κ2) is 10.6. The summed E-state index contributed by atoms with van der Waals surface area (Å²) in [5.41, 5.74) is 1.90. The molecular weight excluding hydrogens is 519 g/mol. The largest absolute Gasteiger partial charge is 0.355 e. The molecule has 0 radical (unpaired) electrons. The van der Waals surface area contributed by atoms with Gasteiger partial charge in [0.05, 0.1) is 11.4 Å². The van der Waals surface area contributed by atoms with Crippen molar-refractivity contribution < 1.29 is 8.42 Å². The zero-order valence-corrected chi connectivity index (χ0v) is 21.0. The minimum Gasteiger partial charge on any atom is -0.355 e. The molecular formula is C20H29IN4O2S2. The Hall–Kier alpha value is -1.33. The normalized spacial score (nSPS) is 14.9. The van der Waals surface area contributed by atoms with Crippen molar-refractivity contribution in [2.24, 2.45) is 4.99 Å². The third-order valence-electron chi connectivity index (χ3n) is 4.74. The number of rotatable bonds is 7. The minimum absolute atomic E-state index is 0. The number of hydrogen-bond acceptors (Lipinski definition) is 4. The van der Waals surface area contributed by atoms with Gasteiger partial charge in [0.15, 0.2) is 5.96 Å². The molecule has 160 valence electrons. The molecule has 0 bridgehead atoms. The number of nitrogens with one attached hydrogen (secondary N) is 2. The molecule has 29 heavy (non-hydrogen) atoms. The van der Waals surface area contributed by atoms with Gasteiger partial charge in [0.1, 0.15) is 0 Å². The van der Waals surface area contributed by atoms with E-state index in [1.54, 1.807) is 18.4 Å². The molecule has 0 saturated carbocycles. The maximum atomic E-state index is 12.8. The second-order valence-electron chi connectivity index (χ2n) is 7.03. The van der Waals surface area contributed by atoms with Crippen molar-refractivity contribution in [3.63, 3.8) is 0 Å². The maximum Gasteiger partial charge on any atom is 0.236 e. The molecule has 1 aromatic carbocycles. The van der Waals surface area contributed by atoms with E-state index in [9.17, 15) is 8.42 Å². The van der Waals surface area contributed by atoms with Crippen LogP contribution < -0.4 is 14.9 Å². The lowest BCUT2D eigenvalue weighted by molar-refractivity contribution is 0.590. The average molecular weight is 549 g/mol. The van der Waals surface area contributed by atoms with Gasteiger partial charge in [-0.3, -0.25) is 9.30 Å². The van der Waals surface area contributed by atoms with Crippen LogP contribution in [0.4, 0.5) is 5.69 Å². The number of guanidine groups is 1. The number of fused-ring (bicyclic) bond motifs is 1. The van der Waals surface area contributed by atoms with E-state index in [2.05, 4.69) is 41.6 Å². The summed E-state index contributed by atoms with van der Waals surface area (Å²) in [6, 6.07) is 12.2. The first-order chi connectivity index (χ1) is 13.4. The predicted octanol–water partition coefficient (Wildman–Crippen LogP) is 3.16. The van der Waals surface area contributed by atoms with Gasteiger partial charge in [-0.1, -0.05) is 18.2 Å². The smallest absolute Gasteiger partial charge is 0.236 e. The third kappa shape index (κ3) is 6.32. The first-order valence-corrected chi connectivity index (χ1v) is 11.9. The van der Waals surface area contributed by atoms with Gasteiger partial charge in [-0.2, -0.15) is 0 Å². The quantitative estimate of drug-likeness (QED) is 0.317. The van der Waals surface area contributed by atoms with Crippen LogP contribution in [0.3, 0.4) is 0 Å². The second-order valence-corrected chi connectivity index (χ2v) is 10.4. The lowest BCUT2D eigenvalue weighted by Gasteiger charge is -2.21. The molecule has 0 saturated heterocycles. The monoisotopic (exact) mass is 548 g/mol. The highest BCUT2D eigenvalue weighted by molar-refractivity contribution is 14.0. The van der Waals surface area contributed by atoms with E-state index in [1.165, 1.54) is 14.1 Å². The lowest BCUT2D eigenvalue weighted by Crippen LogP contribution is -2.45. The maximum absolute atomic E-state index is 12.8. The van der Waals surface area contributed by atoms with E-state index in [-0.39, 0.29) is 35.8 Å². The average Bonchev–Trinajstić information content (AvgIpc) is 3.27. The van der Waals surface area contributed by atoms with Crippen molar-refractivity contribution in [2.75, 3.05) is 30.2 Å². The van der Waals surface area contributed by atoms with Crippen molar-refractivity contribution in [2.45, 2.75) is 32.7 Å². The van der Waals surface area contributed by atoms with Crippen LogP contribution in [-0.2, 0) is 22.9 Å². The molecule has 0 fully saturated rings. The van der Waals surface area contributed by atoms with E-state index in [4.69, 9.17) is 0 Å². The summed E-state index contributed by atoms with van der Waals surface area (Å²) in [6.07, 6.45) is 1.67. The number of hydrogen-bond donors (Lipinski definition) is 2. The van der Waals surface area contributed by atoms with E-state index in [1.807, 2.05) is 24.3 Å². The van der Waals surface area contributed by atoms with E-state index in [0.717, 1.165) is 24.1 Å². The molecule has 2 N–H and O–H groups in total. The number of nitrogens with zero attached hydrogens (tertiary/aromatic N) is 2. The fraction of sp³-hybridized carbons (Fsp3) is 0.450. The fourth-order valence-corrected chi connectivity index (χ4v) is 5.83. The highest BCUT2D eigenvalue weighted by Gasteiger charge is 2.28. The summed E-state index contributed by atoms with van der Waals surface area (Å²) >= 11 is 1.80. The van der Waals surface area contributed by atoms with Crippen molar-refractivity contribution in [1.29, 1.82) is 0 Å². The van der Waals surface area contributed by atoms with Crippen molar-refractivity contribution >= 4 is 57.0 Å². The number of aryl methyl sites for hydroxylation is 1. The molecule has 1 aliphatic rings. The Bertz CT molecular complexity index is 943. The summed E-state index contributed by atoms with van der Waals surface area (Å²) < 4.78 is 27.0. The van der Waals surface area contributed by atoms with Gasteiger partial charge in [-0.05, 0) is 44.0 Å². The Balaban J connectivity index is 0.00000300. The zero-order chi connectivity index (χ0) is 20.1. The SMILES string of the molecule is CN=C(NCCS(=O)(=O)N1CCc2ccccc21)NC(C)Cc1ccc(C)s1.I. The Morgan fingerprint density at radius 2 is 2.03 bits per heavy atom. The van der Waals surface area contributed by atoms with Crippen LogP contribution in [0.25, 0.3) is 0 Å². The molecule has 6 nitrogen and oxygen atoms in total. The highest BCUT2D eigenvalue weighted by Crippen LogP contribution is 2.29. The summed E-state index contributed by atoms with van der Waals surface area (Å²) in [5.74, 6) is 0.651. The fourth-order valence-electron chi connectivity index (χ4n) is 3.38. The molecule has 1 aromatic heterocycles. The summed E-state index contributed by atoms with van der Waals surface area (Å²) in [7, 11) is -1.66. The molecule has 2 heterocycles. The predicted molar refractivity (Wildman–Crippen MR) is 133 cm³/mol. The van der Waals surface area contributed by atoms with Gasteiger partial charge in [-0.15, -0.1) is 35.3 Å². The first-order valence-electron chi connectivity index (χ1n) is 9.50. The van der Waals surface area contributed by atoms with Crippen molar-refractivity contribution in [1.82, 2.24) is 10.6 Å². The first kappa shape index (κ1) is 23.9. The standard InChI is InChI=1S/C20H28N4O2S2.HI/c1-15(14-18-9-8-16(2)27-18)23-20(21-3)22-11-13-28(25,26)24-12-10-17-6-4-5-7-19(17)24;/h4-9,15H,10-14H2,1-3H3,(H2,21,22,23);1H.